The van der Waals surface area contributed by atoms with E-state index in [2.05, 4.69) is 27.5 Å². The number of phenols is 1. The Morgan fingerprint density at radius 3 is 2.52 bits per heavy atom. The topological polar surface area (TPSA) is 82.7 Å². The number of guanidine groups is 1. The van der Waals surface area contributed by atoms with Crippen LogP contribution in [0.2, 0.25) is 0 Å². The van der Waals surface area contributed by atoms with Gasteiger partial charge in [0.15, 0.2) is 5.96 Å². The van der Waals surface area contributed by atoms with Crippen molar-refractivity contribution in [1.82, 2.24) is 15.6 Å². The lowest BCUT2D eigenvalue weighted by atomic mass is 10.1. The van der Waals surface area contributed by atoms with Crippen molar-refractivity contribution >= 4 is 5.96 Å². The predicted molar refractivity (Wildman–Crippen MR) is 106 cm³/mol. The van der Waals surface area contributed by atoms with E-state index in [0.29, 0.717) is 24.9 Å². The number of oxazole rings is 1. The van der Waals surface area contributed by atoms with Crippen LogP contribution in [0, 0.1) is 6.92 Å². The average molecular weight is 364 g/mol. The van der Waals surface area contributed by atoms with Crippen LogP contribution in [0.5, 0.6) is 5.75 Å². The highest BCUT2D eigenvalue weighted by molar-refractivity contribution is 5.79. The largest absolute Gasteiger partial charge is 0.508 e. The van der Waals surface area contributed by atoms with Gasteiger partial charge in [-0.15, -0.1) is 0 Å². The van der Waals surface area contributed by atoms with Crippen LogP contribution in [0.4, 0.5) is 0 Å². The Balaban J connectivity index is 1.61. The number of hydrogen-bond acceptors (Lipinski definition) is 4. The van der Waals surface area contributed by atoms with E-state index in [1.165, 1.54) is 5.56 Å². The van der Waals surface area contributed by atoms with Gasteiger partial charge in [0.1, 0.15) is 12.0 Å². The molecule has 6 heteroatoms. The van der Waals surface area contributed by atoms with Crippen LogP contribution in [0.3, 0.4) is 0 Å². The minimum absolute atomic E-state index is 0.253. The monoisotopic (exact) mass is 364 g/mol. The van der Waals surface area contributed by atoms with Gasteiger partial charge in [-0.3, -0.25) is 0 Å². The Kier molecular flexibility index (Phi) is 6.10. The lowest BCUT2D eigenvalue weighted by Crippen LogP contribution is -2.36. The fourth-order valence-electron chi connectivity index (χ4n) is 2.50. The summed E-state index contributed by atoms with van der Waals surface area (Å²) in [6.45, 7) is 5.85. The van der Waals surface area contributed by atoms with Crippen molar-refractivity contribution in [1.29, 1.82) is 0 Å². The second-order valence-corrected chi connectivity index (χ2v) is 6.23. The van der Waals surface area contributed by atoms with Gasteiger partial charge in [0.25, 0.3) is 0 Å². The summed E-state index contributed by atoms with van der Waals surface area (Å²) in [4.78, 5) is 9.09. The van der Waals surface area contributed by atoms with Crippen LogP contribution < -0.4 is 10.6 Å². The molecule has 6 nitrogen and oxygen atoms in total. The number of benzene rings is 2. The zero-order valence-electron chi connectivity index (χ0n) is 15.6. The van der Waals surface area contributed by atoms with Crippen molar-refractivity contribution in [2.75, 3.05) is 6.54 Å². The van der Waals surface area contributed by atoms with Gasteiger partial charge in [-0.1, -0.05) is 29.8 Å². The lowest BCUT2D eigenvalue weighted by Gasteiger charge is -2.10. The van der Waals surface area contributed by atoms with Crippen molar-refractivity contribution in [3.63, 3.8) is 0 Å². The summed E-state index contributed by atoms with van der Waals surface area (Å²) in [6.07, 6.45) is 1.66. The van der Waals surface area contributed by atoms with Gasteiger partial charge in [0, 0.05) is 12.1 Å². The molecule has 0 atom stereocenters. The predicted octanol–water partition coefficient (Wildman–Crippen LogP) is 3.61. The minimum Gasteiger partial charge on any atom is -0.508 e. The molecule has 27 heavy (non-hydrogen) atoms. The molecule has 2 aromatic carbocycles. The lowest BCUT2D eigenvalue weighted by molar-refractivity contribution is 0.475. The first-order chi connectivity index (χ1) is 13.1. The first kappa shape index (κ1) is 18.5. The van der Waals surface area contributed by atoms with Crippen LogP contribution in [0.15, 0.2) is 64.2 Å². The quantitative estimate of drug-likeness (QED) is 0.460. The van der Waals surface area contributed by atoms with Gasteiger partial charge >= 0.3 is 0 Å². The maximum Gasteiger partial charge on any atom is 0.226 e. The highest BCUT2D eigenvalue weighted by Crippen LogP contribution is 2.19. The van der Waals surface area contributed by atoms with Crippen molar-refractivity contribution in [2.45, 2.75) is 26.9 Å². The second kappa shape index (κ2) is 8.89. The summed E-state index contributed by atoms with van der Waals surface area (Å²) in [6, 6.07) is 15.1. The van der Waals surface area contributed by atoms with Crippen molar-refractivity contribution < 1.29 is 9.52 Å². The molecule has 0 bridgehead atoms. The number of hydrogen-bond donors (Lipinski definition) is 3. The number of rotatable bonds is 6. The third-order valence-corrected chi connectivity index (χ3v) is 3.99. The van der Waals surface area contributed by atoms with E-state index in [0.717, 1.165) is 23.4 Å². The van der Waals surface area contributed by atoms with Crippen LogP contribution >= 0.6 is 0 Å². The number of aliphatic imine (C=N–C) groups is 1. The number of phenolic OH excluding ortho intramolecular Hbond substituents is 1. The highest BCUT2D eigenvalue weighted by atomic mass is 16.3. The number of nitrogens with one attached hydrogen (secondary N) is 2. The van der Waals surface area contributed by atoms with Crippen LogP contribution in [0.1, 0.15) is 23.7 Å². The maximum atomic E-state index is 9.35. The van der Waals surface area contributed by atoms with Crippen LogP contribution in [0.25, 0.3) is 11.5 Å². The molecular weight excluding hydrogens is 340 g/mol. The molecule has 0 saturated heterocycles. The molecule has 1 heterocycles. The molecule has 3 N–H and O–H groups in total. The molecule has 3 aromatic rings. The second-order valence-electron chi connectivity index (χ2n) is 6.23. The van der Waals surface area contributed by atoms with Gasteiger partial charge in [0.2, 0.25) is 5.89 Å². The Bertz CT molecular complexity index is 883. The SMILES string of the molecule is CCNC(=NCc1ccc(O)cc1)NCc1coc(-c2ccc(C)cc2)n1. The first-order valence-corrected chi connectivity index (χ1v) is 8.95. The summed E-state index contributed by atoms with van der Waals surface area (Å²) < 4.78 is 5.59. The molecule has 0 saturated carbocycles. The standard InChI is InChI=1S/C21H24N4O2/c1-3-22-21(23-12-16-6-10-19(26)11-7-16)24-13-18-14-27-20(25-18)17-8-4-15(2)5-9-17/h4-11,14,26H,3,12-13H2,1-2H3,(H2,22,23,24). The molecule has 1 aromatic heterocycles. The summed E-state index contributed by atoms with van der Waals surface area (Å²) >= 11 is 0. The van der Waals surface area contributed by atoms with E-state index in [-0.39, 0.29) is 5.75 Å². The van der Waals surface area contributed by atoms with E-state index < -0.39 is 0 Å². The summed E-state index contributed by atoms with van der Waals surface area (Å²) in [7, 11) is 0. The molecule has 0 radical (unpaired) electrons. The molecule has 0 aliphatic rings. The minimum atomic E-state index is 0.253. The van der Waals surface area contributed by atoms with E-state index >= 15 is 0 Å². The zero-order chi connectivity index (χ0) is 19.1. The smallest absolute Gasteiger partial charge is 0.226 e. The first-order valence-electron chi connectivity index (χ1n) is 8.95. The van der Waals surface area contributed by atoms with Crippen molar-refractivity contribution in [3.8, 4) is 17.2 Å². The van der Waals surface area contributed by atoms with E-state index in [1.54, 1.807) is 18.4 Å². The molecule has 0 amide bonds. The third kappa shape index (κ3) is 5.34. The highest BCUT2D eigenvalue weighted by Gasteiger charge is 2.07. The van der Waals surface area contributed by atoms with Gasteiger partial charge in [-0.2, -0.15) is 0 Å². The Morgan fingerprint density at radius 1 is 1.07 bits per heavy atom. The van der Waals surface area contributed by atoms with E-state index in [1.807, 2.05) is 43.3 Å². The number of nitrogens with zero attached hydrogens (tertiary/aromatic N) is 2. The van der Waals surface area contributed by atoms with Crippen LogP contribution in [-0.4, -0.2) is 22.6 Å². The van der Waals surface area contributed by atoms with Gasteiger partial charge < -0.3 is 20.2 Å². The van der Waals surface area contributed by atoms with Gasteiger partial charge in [0.05, 0.1) is 18.8 Å². The average Bonchev–Trinajstić information content (AvgIpc) is 3.15. The number of aryl methyl sites for hydroxylation is 1. The fourth-order valence-corrected chi connectivity index (χ4v) is 2.50. The summed E-state index contributed by atoms with van der Waals surface area (Å²) in [5.74, 6) is 1.56. The Hall–Kier alpha value is -3.28. The van der Waals surface area contributed by atoms with E-state index in [4.69, 9.17) is 4.42 Å². The third-order valence-electron chi connectivity index (χ3n) is 3.99. The van der Waals surface area contributed by atoms with Crippen molar-refractivity contribution in [3.05, 3.63) is 71.6 Å². The fraction of sp³-hybridized carbons (Fsp3) is 0.238. The van der Waals surface area contributed by atoms with Gasteiger partial charge in [-0.25, -0.2) is 9.98 Å². The number of aromatic hydroxyl groups is 1. The molecular formula is C21H24N4O2. The Labute approximate surface area is 159 Å². The van der Waals surface area contributed by atoms with Gasteiger partial charge in [-0.05, 0) is 43.7 Å². The van der Waals surface area contributed by atoms with Crippen LogP contribution in [-0.2, 0) is 13.1 Å². The molecule has 0 aliphatic carbocycles. The van der Waals surface area contributed by atoms with Crippen molar-refractivity contribution in [2.24, 2.45) is 4.99 Å². The summed E-state index contributed by atoms with van der Waals surface area (Å²) in [5, 5.41) is 15.8. The molecule has 0 fully saturated rings. The van der Waals surface area contributed by atoms with E-state index in [9.17, 15) is 5.11 Å². The maximum absolute atomic E-state index is 9.35. The molecule has 0 aliphatic heterocycles. The normalized spacial score (nSPS) is 11.4. The molecule has 0 spiro atoms. The Morgan fingerprint density at radius 2 is 1.81 bits per heavy atom. The molecule has 140 valence electrons. The number of aromatic nitrogens is 1. The zero-order valence-corrected chi connectivity index (χ0v) is 15.6. The molecule has 3 rings (SSSR count). The molecule has 0 unspecified atom stereocenters. The summed E-state index contributed by atoms with van der Waals surface area (Å²) in [5.41, 5.74) is 3.99.